The van der Waals surface area contributed by atoms with E-state index in [4.69, 9.17) is 0 Å². The van der Waals surface area contributed by atoms with Gasteiger partial charge in [-0.15, -0.1) is 0 Å². The zero-order chi connectivity index (χ0) is 18.2. The fourth-order valence-electron chi connectivity index (χ4n) is 2.13. The van der Waals surface area contributed by atoms with Gasteiger partial charge in [-0.05, 0) is 36.8 Å². The minimum atomic E-state index is -0.451. The number of carbonyl (C=O) groups excluding carboxylic acids is 3. The highest BCUT2D eigenvalue weighted by atomic mass is 16.5. The highest BCUT2D eigenvalue weighted by molar-refractivity contribution is 6.03. The van der Waals surface area contributed by atoms with Crippen molar-refractivity contribution in [2.24, 2.45) is 0 Å². The molecule has 2 amide bonds. The van der Waals surface area contributed by atoms with Crippen molar-refractivity contribution >= 4 is 23.5 Å². The number of hydrogen-bond donors (Lipinski definition) is 2. The normalized spacial score (nSPS) is 10.0. The average molecular weight is 340 g/mol. The summed E-state index contributed by atoms with van der Waals surface area (Å²) in [5.41, 5.74) is 3.01. The number of rotatable bonds is 6. The third kappa shape index (κ3) is 5.76. The van der Waals surface area contributed by atoms with Gasteiger partial charge in [0.1, 0.15) is 6.42 Å². The quantitative estimate of drug-likeness (QED) is 0.625. The Kier molecular flexibility index (Phi) is 6.28. The summed E-state index contributed by atoms with van der Waals surface area (Å²) in [6.45, 7) is 2.37. The molecule has 0 unspecified atom stereocenters. The zero-order valence-corrected chi connectivity index (χ0v) is 14.2. The Hall–Kier alpha value is -3.15. The minimum Gasteiger partial charge on any atom is -0.465 e. The van der Waals surface area contributed by atoms with Crippen molar-refractivity contribution in [2.45, 2.75) is 19.9 Å². The van der Waals surface area contributed by atoms with Crippen LogP contribution in [0.4, 0.5) is 5.69 Å². The molecule has 0 aliphatic rings. The molecule has 6 nitrogen and oxygen atoms in total. The molecule has 2 rings (SSSR count). The number of nitrogens with one attached hydrogen (secondary N) is 2. The van der Waals surface area contributed by atoms with Crippen LogP contribution in [0.1, 0.15) is 27.9 Å². The Labute approximate surface area is 146 Å². The second-order valence-corrected chi connectivity index (χ2v) is 5.56. The zero-order valence-electron chi connectivity index (χ0n) is 14.2. The summed E-state index contributed by atoms with van der Waals surface area (Å²) in [5.74, 6) is -1.23. The lowest BCUT2D eigenvalue weighted by Crippen LogP contribution is -2.27. The van der Waals surface area contributed by atoms with E-state index < -0.39 is 11.9 Å². The fraction of sp³-hybridized carbons (Fsp3) is 0.211. The molecule has 2 aromatic carbocycles. The molecule has 0 saturated heterocycles. The van der Waals surface area contributed by atoms with Gasteiger partial charge < -0.3 is 15.4 Å². The maximum Gasteiger partial charge on any atom is 0.337 e. The molecular weight excluding hydrogens is 320 g/mol. The van der Waals surface area contributed by atoms with E-state index >= 15 is 0 Å². The van der Waals surface area contributed by atoms with E-state index in [9.17, 15) is 14.4 Å². The molecule has 25 heavy (non-hydrogen) atoms. The van der Waals surface area contributed by atoms with Gasteiger partial charge in [-0.2, -0.15) is 0 Å². The number of anilines is 1. The van der Waals surface area contributed by atoms with Crippen LogP contribution in [0.15, 0.2) is 48.5 Å². The van der Waals surface area contributed by atoms with Gasteiger partial charge in [0.25, 0.3) is 0 Å². The highest BCUT2D eigenvalue weighted by Crippen LogP contribution is 2.10. The summed E-state index contributed by atoms with van der Waals surface area (Å²) < 4.78 is 4.60. The molecule has 2 N–H and O–H groups in total. The SMILES string of the molecule is COC(=O)c1ccc(NC(=O)CC(=O)NCc2ccc(C)cc2)cc1. The van der Waals surface area contributed by atoms with Gasteiger partial charge in [0, 0.05) is 12.2 Å². The van der Waals surface area contributed by atoms with E-state index in [2.05, 4.69) is 15.4 Å². The predicted molar refractivity (Wildman–Crippen MR) is 94.1 cm³/mol. The lowest BCUT2D eigenvalue weighted by atomic mass is 10.1. The van der Waals surface area contributed by atoms with Gasteiger partial charge in [-0.1, -0.05) is 29.8 Å². The maximum atomic E-state index is 11.9. The summed E-state index contributed by atoms with van der Waals surface area (Å²) in [6.07, 6.45) is -0.273. The first-order valence-corrected chi connectivity index (χ1v) is 7.78. The lowest BCUT2D eigenvalue weighted by molar-refractivity contribution is -0.126. The average Bonchev–Trinajstić information content (AvgIpc) is 2.61. The summed E-state index contributed by atoms with van der Waals surface area (Å²) >= 11 is 0. The Balaban J connectivity index is 1.80. The first-order valence-electron chi connectivity index (χ1n) is 7.78. The number of methoxy groups -OCH3 is 1. The molecule has 0 radical (unpaired) electrons. The van der Waals surface area contributed by atoms with Crippen LogP contribution in [-0.2, 0) is 20.9 Å². The molecule has 0 saturated carbocycles. The van der Waals surface area contributed by atoms with Crippen molar-refractivity contribution in [3.8, 4) is 0 Å². The second-order valence-electron chi connectivity index (χ2n) is 5.56. The van der Waals surface area contributed by atoms with Crippen LogP contribution in [0.5, 0.6) is 0 Å². The molecule has 0 spiro atoms. The van der Waals surface area contributed by atoms with E-state index in [0.717, 1.165) is 11.1 Å². The van der Waals surface area contributed by atoms with Gasteiger partial charge in [0.15, 0.2) is 0 Å². The van der Waals surface area contributed by atoms with Crippen LogP contribution in [0.25, 0.3) is 0 Å². The van der Waals surface area contributed by atoms with Crippen molar-refractivity contribution in [2.75, 3.05) is 12.4 Å². The predicted octanol–water partition coefficient (Wildman–Crippen LogP) is 2.43. The first-order chi connectivity index (χ1) is 12.0. The summed E-state index contributed by atoms with van der Waals surface area (Å²) in [6, 6.07) is 14.0. The standard InChI is InChI=1S/C19H20N2O4/c1-13-3-5-14(6-4-13)12-20-17(22)11-18(23)21-16-9-7-15(8-10-16)19(24)25-2/h3-10H,11-12H2,1-2H3,(H,20,22)(H,21,23). The molecule has 0 bridgehead atoms. The van der Waals surface area contributed by atoms with Crippen LogP contribution in [0.3, 0.4) is 0 Å². The van der Waals surface area contributed by atoms with Crippen molar-refractivity contribution in [1.82, 2.24) is 5.32 Å². The number of esters is 1. The van der Waals surface area contributed by atoms with Gasteiger partial charge in [-0.3, -0.25) is 9.59 Å². The highest BCUT2D eigenvalue weighted by Gasteiger charge is 2.10. The number of hydrogen-bond acceptors (Lipinski definition) is 4. The lowest BCUT2D eigenvalue weighted by Gasteiger charge is -2.07. The molecule has 0 aliphatic carbocycles. The van der Waals surface area contributed by atoms with E-state index in [0.29, 0.717) is 17.8 Å². The second kappa shape index (κ2) is 8.63. The van der Waals surface area contributed by atoms with Crippen LogP contribution in [0.2, 0.25) is 0 Å². The molecule has 2 aromatic rings. The van der Waals surface area contributed by atoms with Crippen LogP contribution >= 0.6 is 0 Å². The Morgan fingerprint density at radius 3 is 2.16 bits per heavy atom. The molecule has 6 heteroatoms. The minimum absolute atomic E-state index is 0.273. The monoisotopic (exact) mass is 340 g/mol. The molecular formula is C19H20N2O4. The van der Waals surface area contributed by atoms with Crippen molar-refractivity contribution in [3.63, 3.8) is 0 Å². The van der Waals surface area contributed by atoms with Gasteiger partial charge in [-0.25, -0.2) is 4.79 Å². The summed E-state index contributed by atoms with van der Waals surface area (Å²) in [4.78, 5) is 35.1. The topological polar surface area (TPSA) is 84.5 Å². The van der Waals surface area contributed by atoms with Crippen molar-refractivity contribution in [1.29, 1.82) is 0 Å². The molecule has 0 atom stereocenters. The van der Waals surface area contributed by atoms with Crippen LogP contribution in [-0.4, -0.2) is 24.9 Å². The first kappa shape index (κ1) is 18.2. The van der Waals surface area contributed by atoms with Crippen LogP contribution < -0.4 is 10.6 Å². The summed E-state index contributed by atoms with van der Waals surface area (Å²) in [7, 11) is 1.30. The molecule has 0 heterocycles. The Morgan fingerprint density at radius 1 is 0.920 bits per heavy atom. The van der Waals surface area contributed by atoms with Gasteiger partial charge in [0.2, 0.25) is 11.8 Å². The smallest absolute Gasteiger partial charge is 0.337 e. The molecule has 0 aliphatic heterocycles. The van der Waals surface area contributed by atoms with Crippen molar-refractivity contribution in [3.05, 3.63) is 65.2 Å². The van der Waals surface area contributed by atoms with Gasteiger partial charge >= 0.3 is 5.97 Å². The third-order valence-electron chi connectivity index (χ3n) is 3.52. The Morgan fingerprint density at radius 2 is 1.56 bits per heavy atom. The van der Waals surface area contributed by atoms with E-state index in [1.165, 1.54) is 7.11 Å². The maximum absolute atomic E-state index is 11.9. The largest absolute Gasteiger partial charge is 0.465 e. The van der Waals surface area contributed by atoms with E-state index in [1.54, 1.807) is 24.3 Å². The molecule has 130 valence electrons. The number of ether oxygens (including phenoxy) is 1. The Bertz CT molecular complexity index is 752. The van der Waals surface area contributed by atoms with Crippen molar-refractivity contribution < 1.29 is 19.1 Å². The number of aryl methyl sites for hydroxylation is 1. The third-order valence-corrected chi connectivity index (χ3v) is 3.52. The molecule has 0 aromatic heterocycles. The number of amides is 2. The summed E-state index contributed by atoms with van der Waals surface area (Å²) in [5, 5.41) is 5.32. The fourth-order valence-corrected chi connectivity index (χ4v) is 2.13. The number of benzene rings is 2. The van der Waals surface area contributed by atoms with E-state index in [1.807, 2.05) is 31.2 Å². The number of carbonyl (C=O) groups is 3. The van der Waals surface area contributed by atoms with E-state index in [-0.39, 0.29) is 12.3 Å². The van der Waals surface area contributed by atoms with Gasteiger partial charge in [0.05, 0.1) is 12.7 Å². The van der Waals surface area contributed by atoms with Crippen LogP contribution in [0, 0.1) is 6.92 Å². The molecule has 0 fully saturated rings.